The van der Waals surface area contributed by atoms with E-state index in [9.17, 15) is 54.9 Å². The topological polar surface area (TPSA) is 337 Å². The number of likely N-dealkylation sites (N-methyl/N-ethyl adjacent to an activating group) is 1. The highest BCUT2D eigenvalue weighted by atomic mass is 16.7. The molecule has 3 saturated heterocycles. The number of H-pyrrole nitrogens is 1. The van der Waals surface area contributed by atoms with Crippen LogP contribution in [0.1, 0.15) is 138 Å². The summed E-state index contributed by atoms with van der Waals surface area (Å²) < 4.78 is 37.3. The number of carbonyl (C=O) groups excluding carboxylic acids is 6. The predicted molar refractivity (Wildman–Crippen MR) is 349 cm³/mol. The van der Waals surface area contributed by atoms with E-state index in [1.807, 2.05) is 73.7 Å². The molecule has 1 saturated carbocycles. The number of aromatic nitrogens is 1. The van der Waals surface area contributed by atoms with Gasteiger partial charge in [0.25, 0.3) is 0 Å². The number of Topliss-reactive ketones (excluding diaryl/α,β-unsaturated/α-hetero) is 2. The number of nitrogens with zero attached hydrogens (tertiary/aromatic N) is 3. The van der Waals surface area contributed by atoms with E-state index < -0.39 is 166 Å². The van der Waals surface area contributed by atoms with Gasteiger partial charge in [0.2, 0.25) is 5.78 Å². The number of hydrogen-bond donors (Lipinski definition) is 9. The number of phenolic OH excluding ortho intramolecular Hbond substituents is 2. The van der Waals surface area contributed by atoms with Gasteiger partial charge in [0, 0.05) is 133 Å². The van der Waals surface area contributed by atoms with Gasteiger partial charge in [0.05, 0.1) is 74.5 Å². The van der Waals surface area contributed by atoms with Crippen molar-refractivity contribution in [2.24, 2.45) is 11.3 Å². The molecule has 5 aromatic rings. The highest BCUT2D eigenvalue weighted by Gasteiger charge is 2.80. The van der Waals surface area contributed by atoms with Gasteiger partial charge in [-0.05, 0) is 87.2 Å². The number of para-hydroxylation sites is 1. The number of aromatic amines is 1. The van der Waals surface area contributed by atoms with E-state index in [0.29, 0.717) is 74.7 Å². The fraction of sp³-hybridized carbons (Fsp3) is 0.521. The van der Waals surface area contributed by atoms with Crippen molar-refractivity contribution >= 4 is 51.7 Å². The maximum atomic E-state index is 16.3. The number of carbonyl (C=O) groups is 6. The summed E-state index contributed by atoms with van der Waals surface area (Å²) >= 11 is 0. The normalized spacial score (nSPS) is 34.6. The Morgan fingerprint density at radius 1 is 0.856 bits per heavy atom. The van der Waals surface area contributed by atoms with Crippen LogP contribution in [0.15, 0.2) is 66.7 Å². The minimum absolute atomic E-state index is 0.0226. The number of ether oxygens (including phenoxy) is 6. The molecule has 2 bridgehead atoms. The SMILES string of the molecule is CC[C@]1(O)[CH]C2CN(CCc3c([nH]c4ccccc34)[C@@](C(=O)OC)(c3cc4c(cc3OC)N(C)C3C45CCN4CC=C[C@](CC)(C45)[C@@H](OC(C)=O)[C@]3(O)C(=O)CNC3CC(O[C@H]4C[C@](O)(C(=O)CO)Cc5c(O)c6c(c(O)c54)C(=O)c4c(OC)cccc4C6=O)OC(C)C3O)C2)C1. The second-order valence-electron chi connectivity index (χ2n) is 28.4. The molecule has 9 unspecified atom stereocenters. The van der Waals surface area contributed by atoms with Crippen LogP contribution < -0.4 is 19.7 Å². The molecule has 24 nitrogen and oxygen atoms in total. The number of ketones is 4. The van der Waals surface area contributed by atoms with Crippen molar-refractivity contribution in [2.75, 3.05) is 79.2 Å². The first-order valence-electron chi connectivity index (χ1n) is 33.5. The smallest absolute Gasteiger partial charge is 0.322 e. The molecule has 4 fully saturated rings. The van der Waals surface area contributed by atoms with Crippen molar-refractivity contribution in [2.45, 2.75) is 156 Å². The van der Waals surface area contributed by atoms with E-state index in [1.54, 1.807) is 7.05 Å². The minimum Gasteiger partial charge on any atom is -0.507 e. The van der Waals surface area contributed by atoms with Crippen LogP contribution in [0, 0.1) is 17.8 Å². The monoisotopic (exact) mass is 1330 g/mol. The molecule has 1 aromatic heterocycles. The lowest BCUT2D eigenvalue weighted by Crippen LogP contribution is -2.81. The number of rotatable bonds is 15. The van der Waals surface area contributed by atoms with Crippen molar-refractivity contribution in [3.63, 3.8) is 0 Å². The quantitative estimate of drug-likeness (QED) is 0.0400. The molecule has 1 spiro atoms. The molecule has 97 heavy (non-hydrogen) atoms. The number of nitrogens with one attached hydrogen (secondary N) is 2. The van der Waals surface area contributed by atoms with E-state index in [-0.39, 0.29) is 53.2 Å². The second-order valence-corrected chi connectivity index (χ2v) is 28.4. The summed E-state index contributed by atoms with van der Waals surface area (Å²) in [5, 5.41) is 89.4. The van der Waals surface area contributed by atoms with Crippen LogP contribution >= 0.6 is 0 Å². The lowest BCUT2D eigenvalue weighted by molar-refractivity contribution is -0.250. The summed E-state index contributed by atoms with van der Waals surface area (Å²) in [6.07, 6.45) is -0.896. The summed E-state index contributed by atoms with van der Waals surface area (Å²) in [5.74, 6) is -6.49. The average Bonchev–Trinajstić information content (AvgIpc) is 1.50. The maximum absolute atomic E-state index is 16.3. The van der Waals surface area contributed by atoms with Gasteiger partial charge in [-0.15, -0.1) is 0 Å². The number of methoxy groups -OCH3 is 3. The van der Waals surface area contributed by atoms with Gasteiger partial charge < -0.3 is 79.4 Å². The zero-order chi connectivity index (χ0) is 69.0. The lowest BCUT2D eigenvalue weighted by Gasteiger charge is -2.64. The molecule has 1 radical (unpaired) electrons. The van der Waals surface area contributed by atoms with Crippen LogP contribution in [0.25, 0.3) is 10.9 Å². The van der Waals surface area contributed by atoms with E-state index in [4.69, 9.17) is 28.4 Å². The number of fused-ring (bicyclic) bond motifs is 9. The molecule has 3 aliphatic carbocycles. The molecule has 0 amide bonds. The number of piperidine rings is 1. The fourth-order valence-electron chi connectivity index (χ4n) is 19.4. The van der Waals surface area contributed by atoms with Crippen molar-refractivity contribution in [3.05, 3.63) is 129 Å². The minimum atomic E-state index is -2.58. The molecule has 9 N–H and O–H groups in total. The number of hydrogen-bond acceptors (Lipinski definition) is 23. The number of esters is 2. The summed E-state index contributed by atoms with van der Waals surface area (Å²) in [4.78, 5) is 98.3. The molecule has 14 rings (SSSR count). The van der Waals surface area contributed by atoms with Crippen molar-refractivity contribution in [1.82, 2.24) is 20.1 Å². The van der Waals surface area contributed by atoms with Crippen LogP contribution in [0.4, 0.5) is 5.69 Å². The Morgan fingerprint density at radius 2 is 1.61 bits per heavy atom. The summed E-state index contributed by atoms with van der Waals surface area (Å²) in [5.41, 5.74) is -8.07. The first-order chi connectivity index (χ1) is 46.3. The van der Waals surface area contributed by atoms with E-state index in [1.165, 1.54) is 53.4 Å². The summed E-state index contributed by atoms with van der Waals surface area (Å²) in [7, 11) is 6.00. The van der Waals surface area contributed by atoms with E-state index in [2.05, 4.69) is 20.1 Å². The molecule has 4 aromatic carbocycles. The first kappa shape index (κ1) is 66.6. The van der Waals surface area contributed by atoms with Crippen LogP contribution in [0.3, 0.4) is 0 Å². The van der Waals surface area contributed by atoms with E-state index in [0.717, 1.165) is 22.0 Å². The Morgan fingerprint density at radius 3 is 2.32 bits per heavy atom. The molecule has 24 heteroatoms. The highest BCUT2D eigenvalue weighted by Crippen LogP contribution is 2.69. The molecular formula is C73H84N5O19. The Labute approximate surface area is 560 Å². The van der Waals surface area contributed by atoms with Crippen LogP contribution in [-0.4, -0.2) is 219 Å². The first-order valence-corrected chi connectivity index (χ1v) is 33.5. The Bertz CT molecular complexity index is 4170. The lowest BCUT2D eigenvalue weighted by atomic mass is 9.47. The number of anilines is 1. The predicted octanol–water partition coefficient (Wildman–Crippen LogP) is 3.85. The number of aliphatic hydroxyl groups is 5. The highest BCUT2D eigenvalue weighted by molar-refractivity contribution is 6.31. The number of aromatic hydroxyl groups is 2. The van der Waals surface area contributed by atoms with E-state index >= 15 is 9.59 Å². The third-order valence-corrected chi connectivity index (χ3v) is 23.6. The average molecular weight is 1340 g/mol. The zero-order valence-corrected chi connectivity index (χ0v) is 55.6. The third kappa shape index (κ3) is 9.51. The van der Waals surface area contributed by atoms with Crippen molar-refractivity contribution in [3.8, 4) is 23.0 Å². The summed E-state index contributed by atoms with van der Waals surface area (Å²) in [6.45, 7) is 7.44. The molecular weight excluding hydrogens is 1250 g/mol. The van der Waals surface area contributed by atoms with Crippen LogP contribution in [-0.2, 0) is 61.8 Å². The standard InChI is InChI=1S/C73H84N5O19/c1-9-68(89)28-38-29-72(67(88)94-8,63-40(19-23-77(33-38)35-68)39-15-11-12-17-45(39)75-63)44-25-43-47(27-49(44)93-7)76(5)65-71(43)21-24-78-22-14-20-69(10-2,64(71)78)66(96-37(4)80)73(65,91)51(81)32-74-46-26-53(95-36(3)58(46)83)97-50-31-70(90,52(82)34-79)30-42-55(50)62(87)57-56(60(42)85)59(84)41-16-13-18-48(92-6)54(41)61(57)86/h11-18,20,25,27-28,36,38,46,50,53,58,64-66,74-75,79,83,85,87,89-91H,9-10,19,21-24,26,29-35H2,1-8H3/t36?,38?,46?,50-,53?,58?,64?,65?,66+,68-,69+,70-,71?,72-,73-/m0/s1. The van der Waals surface area contributed by atoms with Crippen molar-refractivity contribution in [1.29, 1.82) is 0 Å². The molecule has 6 aliphatic heterocycles. The molecule has 515 valence electrons. The van der Waals surface area contributed by atoms with Crippen LogP contribution in [0.5, 0.6) is 23.0 Å². The number of aliphatic hydroxyl groups excluding tert-OH is 2. The fourth-order valence-corrected chi connectivity index (χ4v) is 19.4. The summed E-state index contributed by atoms with van der Waals surface area (Å²) in [6, 6.07) is 13.3. The maximum Gasteiger partial charge on any atom is 0.322 e. The molecule has 16 atom stereocenters. The largest absolute Gasteiger partial charge is 0.507 e. The Balaban J connectivity index is 0.856. The zero-order valence-electron chi connectivity index (χ0n) is 55.6. The van der Waals surface area contributed by atoms with Gasteiger partial charge >= 0.3 is 11.9 Å². The number of phenols is 2. The van der Waals surface area contributed by atoms with Gasteiger partial charge in [-0.2, -0.15) is 0 Å². The van der Waals surface area contributed by atoms with Gasteiger partial charge in [-0.1, -0.05) is 56.3 Å². The molecule has 9 aliphatic rings. The van der Waals surface area contributed by atoms with Gasteiger partial charge in [0.1, 0.15) is 40.6 Å². The number of benzene rings is 4. The Hall–Kier alpha value is -7.62. The Kier molecular flexibility index (Phi) is 16.3. The molecule has 7 heterocycles. The third-order valence-electron chi connectivity index (χ3n) is 23.6. The van der Waals surface area contributed by atoms with Crippen molar-refractivity contribution < 1.29 is 92.9 Å². The van der Waals surface area contributed by atoms with Gasteiger partial charge in [0.15, 0.2) is 35.3 Å². The van der Waals surface area contributed by atoms with Gasteiger partial charge in [-0.3, -0.25) is 38.6 Å². The second kappa shape index (κ2) is 23.8. The van der Waals surface area contributed by atoms with Gasteiger partial charge in [-0.25, -0.2) is 0 Å². The van der Waals surface area contributed by atoms with Crippen LogP contribution in [0.2, 0.25) is 0 Å².